The van der Waals surface area contributed by atoms with E-state index in [0.29, 0.717) is 5.69 Å². The van der Waals surface area contributed by atoms with Crippen LogP contribution >= 0.6 is 15.9 Å². The van der Waals surface area contributed by atoms with Crippen molar-refractivity contribution >= 4 is 33.5 Å². The van der Waals surface area contributed by atoms with Crippen LogP contribution in [-0.2, 0) is 9.59 Å². The van der Waals surface area contributed by atoms with E-state index >= 15 is 0 Å². The first kappa shape index (κ1) is 14.0. The number of aliphatic carboxylic acids is 1. The predicted octanol–water partition coefficient (Wildman–Crippen LogP) is 1.97. The third-order valence-electron chi connectivity index (χ3n) is 5.53. The van der Waals surface area contributed by atoms with E-state index in [1.165, 1.54) is 0 Å². The molecule has 2 bridgehead atoms. The summed E-state index contributed by atoms with van der Waals surface area (Å²) in [5.74, 6) is -2.53. The van der Waals surface area contributed by atoms with E-state index in [9.17, 15) is 14.7 Å². The van der Waals surface area contributed by atoms with Gasteiger partial charge in [-0.2, -0.15) is 0 Å². The van der Waals surface area contributed by atoms with Gasteiger partial charge in [0, 0.05) is 22.0 Å². The van der Waals surface area contributed by atoms with Gasteiger partial charge >= 0.3 is 0 Å². The molecule has 1 aromatic rings. The van der Waals surface area contributed by atoms with Gasteiger partial charge in [0.25, 0.3) is 0 Å². The molecule has 1 aromatic carbocycles. The lowest BCUT2D eigenvalue weighted by Crippen LogP contribution is -2.42. The first-order chi connectivity index (χ1) is 10.5. The van der Waals surface area contributed by atoms with E-state index in [4.69, 9.17) is 0 Å². The predicted molar refractivity (Wildman–Crippen MR) is 82.5 cm³/mol. The van der Waals surface area contributed by atoms with E-state index in [1.54, 1.807) is 12.1 Å². The molecule has 0 unspecified atom stereocenters. The topological polar surface area (TPSA) is 69.2 Å². The minimum atomic E-state index is -1.10. The zero-order valence-electron chi connectivity index (χ0n) is 11.8. The SMILES string of the molecule is O=C([O-])[C@@H]1[C@H](C(=O)Nc2ccc(Br)cc2)[C@H]2C=C[C@@H]1C21CC1. The van der Waals surface area contributed by atoms with Crippen molar-refractivity contribution in [3.63, 3.8) is 0 Å². The standard InChI is InChI=1S/C17H16BrNO3/c18-9-1-3-10(4-2-9)19-15(20)13-11-5-6-12(14(13)16(21)22)17(11)7-8-17/h1-6,11-14H,7-8H2,(H,19,20)(H,21,22)/p-1/t11-,12+,13-,14+/m1/s1. The summed E-state index contributed by atoms with van der Waals surface area (Å²) in [6.07, 6.45) is 6.06. The van der Waals surface area contributed by atoms with Gasteiger partial charge in [-0.05, 0) is 54.4 Å². The largest absolute Gasteiger partial charge is 0.550 e. The molecule has 4 atom stereocenters. The van der Waals surface area contributed by atoms with Gasteiger partial charge in [-0.3, -0.25) is 4.79 Å². The van der Waals surface area contributed by atoms with Gasteiger partial charge in [-0.1, -0.05) is 28.1 Å². The van der Waals surface area contributed by atoms with E-state index in [2.05, 4.69) is 21.2 Å². The highest BCUT2D eigenvalue weighted by molar-refractivity contribution is 9.10. The third-order valence-corrected chi connectivity index (χ3v) is 6.06. The van der Waals surface area contributed by atoms with Crippen LogP contribution in [0.2, 0.25) is 0 Å². The molecule has 2 saturated carbocycles. The van der Waals surface area contributed by atoms with Crippen molar-refractivity contribution in [2.24, 2.45) is 29.1 Å². The van der Waals surface area contributed by atoms with Crippen LogP contribution in [0.15, 0.2) is 40.9 Å². The van der Waals surface area contributed by atoms with Crippen molar-refractivity contribution in [2.45, 2.75) is 12.8 Å². The van der Waals surface area contributed by atoms with Crippen LogP contribution in [0.3, 0.4) is 0 Å². The number of nitrogens with one attached hydrogen (secondary N) is 1. The second-order valence-corrected chi connectivity index (χ2v) is 7.45. The lowest BCUT2D eigenvalue weighted by molar-refractivity contribution is -0.313. The molecule has 3 aliphatic rings. The van der Waals surface area contributed by atoms with Gasteiger partial charge in [0.05, 0.1) is 5.92 Å². The molecule has 114 valence electrons. The summed E-state index contributed by atoms with van der Waals surface area (Å²) in [5, 5.41) is 14.4. The molecule has 1 N–H and O–H groups in total. The van der Waals surface area contributed by atoms with Crippen molar-refractivity contribution in [2.75, 3.05) is 5.32 Å². The maximum absolute atomic E-state index is 12.7. The summed E-state index contributed by atoms with van der Waals surface area (Å²) in [5.41, 5.74) is 0.703. The zero-order valence-corrected chi connectivity index (χ0v) is 13.4. The smallest absolute Gasteiger partial charge is 0.228 e. The molecule has 2 fully saturated rings. The number of carboxylic acids is 1. The van der Waals surface area contributed by atoms with Crippen LogP contribution < -0.4 is 10.4 Å². The first-order valence-electron chi connectivity index (χ1n) is 7.48. The van der Waals surface area contributed by atoms with Crippen LogP contribution in [0.25, 0.3) is 0 Å². The number of anilines is 1. The fourth-order valence-corrected chi connectivity index (χ4v) is 4.70. The Morgan fingerprint density at radius 1 is 1.09 bits per heavy atom. The number of hydrogen-bond donors (Lipinski definition) is 1. The van der Waals surface area contributed by atoms with Crippen molar-refractivity contribution in [3.05, 3.63) is 40.9 Å². The number of hydrogen-bond acceptors (Lipinski definition) is 3. The Hall–Kier alpha value is -1.62. The molecule has 0 radical (unpaired) electrons. The lowest BCUT2D eigenvalue weighted by Gasteiger charge is -2.27. The van der Waals surface area contributed by atoms with Crippen LogP contribution in [0, 0.1) is 29.1 Å². The zero-order chi connectivity index (χ0) is 15.5. The quantitative estimate of drug-likeness (QED) is 0.837. The molecular weight excluding hydrogens is 346 g/mol. The molecule has 4 rings (SSSR count). The molecule has 0 saturated heterocycles. The Bertz CT molecular complexity index is 678. The number of carbonyl (C=O) groups excluding carboxylic acids is 2. The highest BCUT2D eigenvalue weighted by atomic mass is 79.9. The number of halogens is 1. The fraction of sp³-hybridized carbons (Fsp3) is 0.412. The van der Waals surface area contributed by atoms with Gasteiger partial charge in [0.2, 0.25) is 5.91 Å². The van der Waals surface area contributed by atoms with Crippen molar-refractivity contribution < 1.29 is 14.7 Å². The van der Waals surface area contributed by atoms with Crippen LogP contribution in [0.5, 0.6) is 0 Å². The van der Waals surface area contributed by atoms with Crippen LogP contribution in [0.1, 0.15) is 12.8 Å². The molecule has 0 aromatic heterocycles. The second kappa shape index (κ2) is 4.69. The third kappa shape index (κ3) is 1.88. The molecule has 3 aliphatic carbocycles. The summed E-state index contributed by atoms with van der Waals surface area (Å²) >= 11 is 3.35. The Balaban J connectivity index is 1.60. The van der Waals surface area contributed by atoms with Crippen molar-refractivity contribution in [1.82, 2.24) is 0 Å². The Morgan fingerprint density at radius 2 is 1.68 bits per heavy atom. The Kier molecular flexibility index (Phi) is 2.98. The number of allylic oxidation sites excluding steroid dienone is 2. The van der Waals surface area contributed by atoms with E-state index < -0.39 is 17.8 Å². The van der Waals surface area contributed by atoms with E-state index in [1.807, 2.05) is 24.3 Å². The highest BCUT2D eigenvalue weighted by Gasteiger charge is 2.68. The number of amides is 1. The van der Waals surface area contributed by atoms with Crippen molar-refractivity contribution in [3.8, 4) is 0 Å². The highest BCUT2D eigenvalue weighted by Crippen LogP contribution is 2.71. The van der Waals surface area contributed by atoms with Gasteiger partial charge in [-0.25, -0.2) is 0 Å². The second-order valence-electron chi connectivity index (χ2n) is 6.54. The average molecular weight is 361 g/mol. The van der Waals surface area contributed by atoms with E-state index in [-0.39, 0.29) is 23.2 Å². The first-order valence-corrected chi connectivity index (χ1v) is 8.28. The van der Waals surface area contributed by atoms with Crippen molar-refractivity contribution in [1.29, 1.82) is 0 Å². The molecule has 4 nitrogen and oxygen atoms in total. The lowest BCUT2D eigenvalue weighted by atomic mass is 9.82. The number of rotatable bonds is 3. The number of benzene rings is 1. The molecule has 0 heterocycles. The monoisotopic (exact) mass is 360 g/mol. The van der Waals surface area contributed by atoms with Gasteiger partial charge in [0.1, 0.15) is 0 Å². The van der Waals surface area contributed by atoms with Crippen LogP contribution in [0.4, 0.5) is 5.69 Å². The Morgan fingerprint density at radius 3 is 2.23 bits per heavy atom. The summed E-state index contributed by atoms with van der Waals surface area (Å²) in [4.78, 5) is 24.3. The molecule has 22 heavy (non-hydrogen) atoms. The summed E-state index contributed by atoms with van der Waals surface area (Å²) < 4.78 is 0.929. The number of carbonyl (C=O) groups is 2. The summed E-state index contributed by atoms with van der Waals surface area (Å²) in [7, 11) is 0. The summed E-state index contributed by atoms with van der Waals surface area (Å²) in [6, 6.07) is 7.28. The van der Waals surface area contributed by atoms with Gasteiger partial charge < -0.3 is 15.2 Å². The molecule has 1 spiro atoms. The molecule has 1 amide bonds. The van der Waals surface area contributed by atoms with Crippen LogP contribution in [-0.4, -0.2) is 11.9 Å². The minimum Gasteiger partial charge on any atom is -0.550 e. The maximum Gasteiger partial charge on any atom is 0.228 e. The fourth-order valence-electron chi connectivity index (χ4n) is 4.44. The maximum atomic E-state index is 12.7. The average Bonchev–Trinajstić information content (AvgIpc) is 3.15. The molecule has 5 heteroatoms. The molecular formula is C17H15BrNO3-. The normalized spacial score (nSPS) is 33.1. The van der Waals surface area contributed by atoms with Gasteiger partial charge in [0.15, 0.2) is 0 Å². The summed E-state index contributed by atoms with van der Waals surface area (Å²) in [6.45, 7) is 0. The number of carboxylic acid groups (broad SMARTS) is 1. The Labute approximate surface area is 136 Å². The van der Waals surface area contributed by atoms with Gasteiger partial charge in [-0.15, -0.1) is 0 Å². The van der Waals surface area contributed by atoms with E-state index in [0.717, 1.165) is 17.3 Å². The molecule has 0 aliphatic heterocycles. The minimum absolute atomic E-state index is 0.0203.